The van der Waals surface area contributed by atoms with Crippen molar-refractivity contribution in [3.8, 4) is 5.75 Å². The molecule has 0 spiro atoms. The van der Waals surface area contributed by atoms with Gasteiger partial charge in [-0.1, -0.05) is 6.07 Å². The first-order chi connectivity index (χ1) is 6.31. The van der Waals surface area contributed by atoms with Crippen LogP contribution in [0.5, 0.6) is 5.75 Å². The van der Waals surface area contributed by atoms with Crippen LogP contribution in [0.15, 0.2) is 23.1 Å². The van der Waals surface area contributed by atoms with E-state index in [0.717, 1.165) is 22.8 Å². The SMILES string of the molecule is CCOc1cc([CH]O)ccc1SC. The van der Waals surface area contributed by atoms with Gasteiger partial charge in [0.1, 0.15) is 12.4 Å². The minimum atomic E-state index is 0.641. The molecule has 0 atom stereocenters. The number of hydrogen-bond donors (Lipinski definition) is 1. The van der Waals surface area contributed by atoms with Gasteiger partial charge in [-0.3, -0.25) is 0 Å². The molecule has 0 aromatic heterocycles. The lowest BCUT2D eigenvalue weighted by atomic mass is 10.2. The Kier molecular flexibility index (Phi) is 4.12. The van der Waals surface area contributed by atoms with Gasteiger partial charge in [0.05, 0.1) is 6.61 Å². The van der Waals surface area contributed by atoms with E-state index in [1.807, 2.05) is 31.4 Å². The highest BCUT2D eigenvalue weighted by molar-refractivity contribution is 7.98. The molecule has 71 valence electrons. The number of thioether (sulfide) groups is 1. The van der Waals surface area contributed by atoms with Crippen LogP contribution in [0.4, 0.5) is 0 Å². The Hall–Kier alpha value is -0.670. The predicted molar refractivity (Wildman–Crippen MR) is 54.7 cm³/mol. The summed E-state index contributed by atoms with van der Waals surface area (Å²) in [5.41, 5.74) is 0.765. The normalized spacial score (nSPS) is 10.1. The first-order valence-corrected chi connectivity index (χ1v) is 5.32. The molecule has 13 heavy (non-hydrogen) atoms. The molecule has 3 heteroatoms. The van der Waals surface area contributed by atoms with E-state index in [0.29, 0.717) is 6.61 Å². The molecule has 1 aromatic rings. The molecule has 1 radical (unpaired) electrons. The van der Waals surface area contributed by atoms with Gasteiger partial charge >= 0.3 is 0 Å². The summed E-state index contributed by atoms with van der Waals surface area (Å²) in [5, 5.41) is 8.81. The first-order valence-electron chi connectivity index (χ1n) is 4.10. The zero-order valence-electron chi connectivity index (χ0n) is 7.78. The minimum absolute atomic E-state index is 0.641. The zero-order chi connectivity index (χ0) is 9.68. The largest absolute Gasteiger partial charge is 0.493 e. The average Bonchev–Trinajstić information content (AvgIpc) is 2.18. The van der Waals surface area contributed by atoms with Gasteiger partial charge in [0.25, 0.3) is 0 Å². The minimum Gasteiger partial charge on any atom is -0.493 e. The lowest BCUT2D eigenvalue weighted by molar-refractivity contribution is 0.331. The van der Waals surface area contributed by atoms with Gasteiger partial charge in [-0.05, 0) is 30.9 Å². The maximum Gasteiger partial charge on any atom is 0.133 e. The van der Waals surface area contributed by atoms with Gasteiger partial charge in [0.15, 0.2) is 0 Å². The molecule has 0 aliphatic heterocycles. The predicted octanol–water partition coefficient (Wildman–Crippen LogP) is 2.69. The van der Waals surface area contributed by atoms with Crippen molar-refractivity contribution in [2.45, 2.75) is 11.8 Å². The maximum atomic E-state index is 8.81. The van der Waals surface area contributed by atoms with E-state index in [1.54, 1.807) is 11.8 Å². The second kappa shape index (κ2) is 5.14. The average molecular weight is 197 g/mol. The number of ether oxygens (including phenoxy) is 1. The molecule has 1 rings (SSSR count). The Morgan fingerprint density at radius 3 is 2.85 bits per heavy atom. The second-order valence-corrected chi connectivity index (χ2v) is 3.32. The summed E-state index contributed by atoms with van der Waals surface area (Å²) in [6, 6.07) is 5.63. The van der Waals surface area contributed by atoms with Crippen LogP contribution in [0, 0.1) is 6.61 Å². The van der Waals surface area contributed by atoms with E-state index < -0.39 is 0 Å². The Balaban J connectivity index is 2.95. The standard InChI is InChI=1S/C10H13O2S/c1-3-12-9-6-8(7-11)4-5-10(9)13-2/h4-7,11H,3H2,1-2H3. The Bertz CT molecular complexity index is 274. The van der Waals surface area contributed by atoms with Gasteiger partial charge in [-0.2, -0.15) is 0 Å². The fraction of sp³-hybridized carbons (Fsp3) is 0.300. The third-order valence-electron chi connectivity index (χ3n) is 1.64. The Morgan fingerprint density at radius 2 is 2.31 bits per heavy atom. The third-order valence-corrected chi connectivity index (χ3v) is 2.41. The van der Waals surface area contributed by atoms with Crippen LogP contribution >= 0.6 is 11.8 Å². The molecule has 0 aliphatic rings. The molecule has 0 unspecified atom stereocenters. The summed E-state index contributed by atoms with van der Waals surface area (Å²) in [6.45, 7) is 3.66. The topological polar surface area (TPSA) is 29.5 Å². The van der Waals surface area contributed by atoms with Crippen molar-refractivity contribution >= 4 is 11.8 Å². The number of hydrogen-bond acceptors (Lipinski definition) is 3. The molecular formula is C10H13O2S. The third kappa shape index (κ3) is 2.64. The smallest absolute Gasteiger partial charge is 0.133 e. The highest BCUT2D eigenvalue weighted by atomic mass is 32.2. The van der Waals surface area contributed by atoms with Gasteiger partial charge < -0.3 is 9.84 Å². The molecule has 0 amide bonds. The quantitative estimate of drug-likeness (QED) is 0.752. The van der Waals surface area contributed by atoms with Crippen molar-refractivity contribution in [2.75, 3.05) is 12.9 Å². The molecule has 0 fully saturated rings. The van der Waals surface area contributed by atoms with E-state index >= 15 is 0 Å². The lowest BCUT2D eigenvalue weighted by Crippen LogP contribution is -1.94. The summed E-state index contributed by atoms with van der Waals surface area (Å²) in [4.78, 5) is 1.09. The van der Waals surface area contributed by atoms with Gasteiger partial charge in [0, 0.05) is 4.90 Å². The maximum absolute atomic E-state index is 8.81. The van der Waals surface area contributed by atoms with E-state index in [2.05, 4.69) is 0 Å². The van der Waals surface area contributed by atoms with Crippen molar-refractivity contribution in [2.24, 2.45) is 0 Å². The number of aliphatic hydroxyl groups excluding tert-OH is 1. The molecule has 0 aliphatic carbocycles. The fourth-order valence-electron chi connectivity index (χ4n) is 1.04. The Morgan fingerprint density at radius 1 is 1.54 bits per heavy atom. The zero-order valence-corrected chi connectivity index (χ0v) is 8.60. The molecule has 2 nitrogen and oxygen atoms in total. The summed E-state index contributed by atoms with van der Waals surface area (Å²) in [6.07, 6.45) is 2.00. The molecule has 0 heterocycles. The second-order valence-electron chi connectivity index (χ2n) is 2.47. The van der Waals surface area contributed by atoms with Crippen LogP contribution in [0.3, 0.4) is 0 Å². The van der Waals surface area contributed by atoms with Crippen molar-refractivity contribution < 1.29 is 9.84 Å². The van der Waals surface area contributed by atoms with E-state index in [-0.39, 0.29) is 0 Å². The molecule has 0 saturated heterocycles. The van der Waals surface area contributed by atoms with E-state index in [1.165, 1.54) is 0 Å². The molecule has 0 saturated carbocycles. The van der Waals surface area contributed by atoms with Crippen LogP contribution in [0.25, 0.3) is 0 Å². The highest BCUT2D eigenvalue weighted by Gasteiger charge is 2.03. The van der Waals surface area contributed by atoms with Gasteiger partial charge in [-0.15, -0.1) is 11.8 Å². The number of rotatable bonds is 4. The van der Waals surface area contributed by atoms with Gasteiger partial charge in [0.2, 0.25) is 0 Å². The Labute approximate surface area is 82.9 Å². The summed E-state index contributed by atoms with van der Waals surface area (Å²) < 4.78 is 5.42. The number of benzene rings is 1. The van der Waals surface area contributed by atoms with Crippen molar-refractivity contribution in [3.05, 3.63) is 30.4 Å². The van der Waals surface area contributed by atoms with Crippen LogP contribution in [-0.4, -0.2) is 18.0 Å². The monoisotopic (exact) mass is 197 g/mol. The van der Waals surface area contributed by atoms with Crippen LogP contribution in [0.2, 0.25) is 0 Å². The molecule has 1 N–H and O–H groups in total. The summed E-state index contributed by atoms with van der Waals surface area (Å²) in [5.74, 6) is 0.831. The molecule has 1 aromatic carbocycles. The molecular weight excluding hydrogens is 184 g/mol. The molecule has 0 bridgehead atoms. The highest BCUT2D eigenvalue weighted by Crippen LogP contribution is 2.28. The fourth-order valence-corrected chi connectivity index (χ4v) is 1.57. The van der Waals surface area contributed by atoms with Crippen LogP contribution in [-0.2, 0) is 0 Å². The summed E-state index contributed by atoms with van der Waals surface area (Å²) >= 11 is 1.63. The van der Waals surface area contributed by atoms with E-state index in [4.69, 9.17) is 9.84 Å². The van der Waals surface area contributed by atoms with Crippen molar-refractivity contribution in [1.29, 1.82) is 0 Å². The first kappa shape index (κ1) is 10.4. The van der Waals surface area contributed by atoms with Crippen LogP contribution in [0.1, 0.15) is 12.5 Å². The van der Waals surface area contributed by atoms with Crippen LogP contribution < -0.4 is 4.74 Å². The lowest BCUT2D eigenvalue weighted by Gasteiger charge is -2.08. The van der Waals surface area contributed by atoms with Crippen molar-refractivity contribution in [1.82, 2.24) is 0 Å². The van der Waals surface area contributed by atoms with E-state index in [9.17, 15) is 0 Å². The van der Waals surface area contributed by atoms with Crippen molar-refractivity contribution in [3.63, 3.8) is 0 Å². The summed E-state index contributed by atoms with van der Waals surface area (Å²) in [7, 11) is 0. The van der Waals surface area contributed by atoms with Gasteiger partial charge in [-0.25, -0.2) is 0 Å². The number of aliphatic hydroxyl groups is 1.